The Morgan fingerprint density at radius 3 is 2.77 bits per heavy atom. The van der Waals surface area contributed by atoms with E-state index in [-0.39, 0.29) is 5.54 Å². The van der Waals surface area contributed by atoms with Gasteiger partial charge in [-0.25, -0.2) is 4.68 Å². The Morgan fingerprint density at radius 2 is 2.23 bits per heavy atom. The molecule has 2 rings (SSSR count). The van der Waals surface area contributed by atoms with E-state index in [2.05, 4.69) is 24.2 Å². The summed E-state index contributed by atoms with van der Waals surface area (Å²) in [7, 11) is 0. The molecule has 1 aliphatic carbocycles. The molecule has 0 aliphatic heterocycles. The van der Waals surface area contributed by atoms with Crippen LogP contribution in [0.15, 0.2) is 12.4 Å². The Hall–Kier alpha value is -0.860. The van der Waals surface area contributed by atoms with Gasteiger partial charge in [0.15, 0.2) is 0 Å². The van der Waals surface area contributed by atoms with Crippen molar-refractivity contribution in [3.05, 3.63) is 12.4 Å². The number of hydrogen-bond acceptors (Lipinski definition) is 2. The third-order valence-electron chi connectivity index (χ3n) is 2.90. The van der Waals surface area contributed by atoms with Crippen molar-refractivity contribution in [2.24, 2.45) is 5.92 Å². The van der Waals surface area contributed by atoms with Crippen LogP contribution in [0.25, 0.3) is 0 Å². The van der Waals surface area contributed by atoms with Crippen LogP contribution < -0.4 is 0 Å². The lowest BCUT2D eigenvalue weighted by atomic mass is 9.97. The first-order valence-electron chi connectivity index (χ1n) is 5.05. The zero-order chi connectivity index (χ0) is 9.31. The minimum absolute atomic E-state index is 0.138. The van der Waals surface area contributed by atoms with Gasteiger partial charge in [0.2, 0.25) is 0 Å². The van der Waals surface area contributed by atoms with Crippen molar-refractivity contribution in [3.8, 4) is 0 Å². The molecule has 0 aromatic carbocycles. The summed E-state index contributed by atoms with van der Waals surface area (Å²) in [6.07, 6.45) is 9.13. The molecule has 3 nitrogen and oxygen atoms in total. The largest absolute Gasteiger partial charge is 0.247 e. The lowest BCUT2D eigenvalue weighted by molar-refractivity contribution is 0.276. The predicted molar refractivity (Wildman–Crippen MR) is 51.3 cm³/mol. The molecule has 0 spiro atoms. The van der Waals surface area contributed by atoms with Crippen molar-refractivity contribution >= 4 is 0 Å². The second-order valence-electron chi connectivity index (χ2n) is 4.64. The first kappa shape index (κ1) is 8.73. The smallest absolute Gasteiger partial charge is 0.0693 e. The normalized spacial score (nSPS) is 17.7. The minimum Gasteiger partial charge on any atom is -0.247 e. The van der Waals surface area contributed by atoms with Crippen molar-refractivity contribution in [2.75, 3.05) is 0 Å². The molecule has 3 heteroatoms. The lowest BCUT2D eigenvalue weighted by Crippen LogP contribution is -2.27. The number of rotatable bonds is 4. The summed E-state index contributed by atoms with van der Waals surface area (Å²) in [4.78, 5) is 0. The van der Waals surface area contributed by atoms with Crippen LogP contribution in [0, 0.1) is 5.92 Å². The van der Waals surface area contributed by atoms with Crippen molar-refractivity contribution in [3.63, 3.8) is 0 Å². The Bertz CT molecular complexity index is 260. The van der Waals surface area contributed by atoms with E-state index >= 15 is 0 Å². The third-order valence-corrected chi connectivity index (χ3v) is 2.90. The summed E-state index contributed by atoms with van der Waals surface area (Å²) < 4.78 is 1.97. The molecule has 72 valence electrons. The van der Waals surface area contributed by atoms with Crippen LogP contribution in [0.4, 0.5) is 0 Å². The van der Waals surface area contributed by atoms with E-state index in [4.69, 9.17) is 0 Å². The molecule has 1 fully saturated rings. The molecule has 0 N–H and O–H groups in total. The van der Waals surface area contributed by atoms with Crippen LogP contribution >= 0.6 is 0 Å². The molecular weight excluding hydrogens is 162 g/mol. The summed E-state index contributed by atoms with van der Waals surface area (Å²) in [5.74, 6) is 1.00. The fourth-order valence-corrected chi connectivity index (χ4v) is 1.61. The van der Waals surface area contributed by atoms with Crippen molar-refractivity contribution in [1.29, 1.82) is 0 Å². The quantitative estimate of drug-likeness (QED) is 0.709. The maximum atomic E-state index is 4.05. The first-order chi connectivity index (χ1) is 6.18. The summed E-state index contributed by atoms with van der Waals surface area (Å²) in [6.45, 7) is 4.45. The molecule has 0 atom stereocenters. The Morgan fingerprint density at radius 1 is 1.46 bits per heavy atom. The van der Waals surface area contributed by atoms with E-state index in [0.29, 0.717) is 0 Å². The summed E-state index contributed by atoms with van der Waals surface area (Å²) in [5.41, 5.74) is 0.138. The van der Waals surface area contributed by atoms with Gasteiger partial charge in [0, 0.05) is 6.20 Å². The van der Waals surface area contributed by atoms with Crippen molar-refractivity contribution in [2.45, 2.75) is 45.1 Å². The molecule has 13 heavy (non-hydrogen) atoms. The average molecular weight is 179 g/mol. The van der Waals surface area contributed by atoms with Crippen LogP contribution in [0.2, 0.25) is 0 Å². The zero-order valence-corrected chi connectivity index (χ0v) is 8.40. The van der Waals surface area contributed by atoms with Gasteiger partial charge in [-0.3, -0.25) is 0 Å². The van der Waals surface area contributed by atoms with Gasteiger partial charge in [0.1, 0.15) is 0 Å². The van der Waals surface area contributed by atoms with Gasteiger partial charge in [-0.1, -0.05) is 18.1 Å². The van der Waals surface area contributed by atoms with Crippen molar-refractivity contribution in [1.82, 2.24) is 15.0 Å². The van der Waals surface area contributed by atoms with E-state index in [9.17, 15) is 0 Å². The van der Waals surface area contributed by atoms with Gasteiger partial charge in [0.25, 0.3) is 0 Å². The molecule has 0 radical (unpaired) electrons. The molecule has 0 bridgehead atoms. The minimum atomic E-state index is 0.138. The van der Waals surface area contributed by atoms with Gasteiger partial charge in [-0.2, -0.15) is 0 Å². The Kier molecular flexibility index (Phi) is 2.10. The highest BCUT2D eigenvalue weighted by Gasteiger charge is 2.27. The van der Waals surface area contributed by atoms with E-state index in [1.807, 2.05) is 10.9 Å². The van der Waals surface area contributed by atoms with Gasteiger partial charge >= 0.3 is 0 Å². The second kappa shape index (κ2) is 3.13. The molecule has 0 unspecified atom stereocenters. The monoisotopic (exact) mass is 179 g/mol. The molecule has 0 saturated heterocycles. The molecule has 1 saturated carbocycles. The van der Waals surface area contributed by atoms with Crippen molar-refractivity contribution < 1.29 is 0 Å². The highest BCUT2D eigenvalue weighted by molar-refractivity contribution is 4.82. The van der Waals surface area contributed by atoms with Crippen LogP contribution in [-0.2, 0) is 5.54 Å². The highest BCUT2D eigenvalue weighted by atomic mass is 15.4. The number of nitrogens with zero attached hydrogens (tertiary/aromatic N) is 3. The van der Waals surface area contributed by atoms with Crippen LogP contribution in [-0.4, -0.2) is 15.0 Å². The van der Waals surface area contributed by atoms with Gasteiger partial charge in [-0.15, -0.1) is 5.10 Å². The standard InChI is InChI=1S/C10H17N3/c1-10(2,6-5-9-3-4-9)13-8-7-11-12-13/h7-9H,3-6H2,1-2H3. The Balaban J connectivity index is 1.93. The van der Waals surface area contributed by atoms with Crippen LogP contribution in [0.3, 0.4) is 0 Å². The zero-order valence-electron chi connectivity index (χ0n) is 8.40. The molecular formula is C10H17N3. The first-order valence-corrected chi connectivity index (χ1v) is 5.05. The predicted octanol–water partition coefficient (Wildman–Crippen LogP) is 2.20. The second-order valence-corrected chi connectivity index (χ2v) is 4.64. The third kappa shape index (κ3) is 2.08. The summed E-state index contributed by atoms with van der Waals surface area (Å²) >= 11 is 0. The molecule has 1 aliphatic rings. The van der Waals surface area contributed by atoms with E-state index in [1.165, 1.54) is 25.7 Å². The van der Waals surface area contributed by atoms with Crippen LogP contribution in [0.5, 0.6) is 0 Å². The molecule has 0 amide bonds. The number of hydrogen-bond donors (Lipinski definition) is 0. The van der Waals surface area contributed by atoms with Crippen LogP contribution in [0.1, 0.15) is 39.5 Å². The molecule has 1 heterocycles. The highest BCUT2D eigenvalue weighted by Crippen LogP contribution is 2.36. The SMILES string of the molecule is CC(C)(CCC1CC1)n1ccnn1. The maximum absolute atomic E-state index is 4.05. The Labute approximate surface area is 79.1 Å². The fourth-order valence-electron chi connectivity index (χ4n) is 1.61. The van der Waals surface area contributed by atoms with Gasteiger partial charge in [-0.05, 0) is 32.6 Å². The molecule has 1 aromatic heterocycles. The van der Waals surface area contributed by atoms with E-state index in [1.54, 1.807) is 6.20 Å². The van der Waals surface area contributed by atoms with E-state index in [0.717, 1.165) is 5.92 Å². The lowest BCUT2D eigenvalue weighted by Gasteiger charge is -2.24. The topological polar surface area (TPSA) is 30.7 Å². The number of aromatic nitrogens is 3. The van der Waals surface area contributed by atoms with E-state index < -0.39 is 0 Å². The maximum Gasteiger partial charge on any atom is 0.0693 e. The fraction of sp³-hybridized carbons (Fsp3) is 0.800. The summed E-state index contributed by atoms with van der Waals surface area (Å²) in [6, 6.07) is 0. The molecule has 1 aromatic rings. The van der Waals surface area contributed by atoms with Gasteiger partial charge < -0.3 is 0 Å². The van der Waals surface area contributed by atoms with Gasteiger partial charge in [0.05, 0.1) is 11.7 Å². The summed E-state index contributed by atoms with van der Waals surface area (Å²) in [5, 5.41) is 7.90. The average Bonchev–Trinajstić information content (AvgIpc) is 2.74.